The molecule has 1 N–H and O–H groups in total. The van der Waals surface area contributed by atoms with E-state index in [-0.39, 0.29) is 12.5 Å². The Bertz CT molecular complexity index is 1300. The molecule has 1 atom stereocenters. The second kappa shape index (κ2) is 7.76. The molecule has 0 aliphatic carbocycles. The summed E-state index contributed by atoms with van der Waals surface area (Å²) < 4.78 is 21.3. The fraction of sp³-hybridized carbons (Fsp3) is 0.259. The Labute approximate surface area is 186 Å². The lowest BCUT2D eigenvalue weighted by molar-refractivity contribution is 0.145. The lowest BCUT2D eigenvalue weighted by Gasteiger charge is -2.41. The zero-order chi connectivity index (χ0) is 21.7. The van der Waals surface area contributed by atoms with Crippen molar-refractivity contribution in [2.75, 3.05) is 6.54 Å². The number of para-hydroxylation sites is 1. The number of halogens is 1. The van der Waals surface area contributed by atoms with Crippen LogP contribution in [0.15, 0.2) is 66.7 Å². The highest BCUT2D eigenvalue weighted by Crippen LogP contribution is 2.42. The molecule has 0 bridgehead atoms. The Morgan fingerprint density at radius 2 is 1.88 bits per heavy atom. The monoisotopic (exact) mass is 428 g/mol. The van der Waals surface area contributed by atoms with Crippen LogP contribution in [0.25, 0.3) is 10.9 Å². The Balaban J connectivity index is 1.32. The molecule has 0 spiro atoms. The molecule has 2 aliphatic rings. The number of benzene rings is 3. The summed E-state index contributed by atoms with van der Waals surface area (Å²) in [5.41, 5.74) is 7.36. The molecule has 0 fully saturated rings. The van der Waals surface area contributed by atoms with Crippen LogP contribution in [-0.2, 0) is 32.7 Å². The number of aliphatic hydroxyl groups excluding tert-OH is 1. The number of fused-ring (bicyclic) bond motifs is 6. The van der Waals surface area contributed by atoms with Gasteiger partial charge in [-0.15, -0.1) is 0 Å². The maximum absolute atomic E-state index is 13.2. The number of hydrogen-bond donors (Lipinski definition) is 1. The van der Waals surface area contributed by atoms with Crippen molar-refractivity contribution in [3.63, 3.8) is 0 Å². The Kier molecular flexibility index (Phi) is 4.74. The van der Waals surface area contributed by atoms with Crippen molar-refractivity contribution in [2.24, 2.45) is 0 Å². The first-order valence-electron chi connectivity index (χ1n) is 11.1. The van der Waals surface area contributed by atoms with Crippen molar-refractivity contribution in [1.82, 2.24) is 9.47 Å². The van der Waals surface area contributed by atoms with Gasteiger partial charge in [0.2, 0.25) is 0 Å². The van der Waals surface area contributed by atoms with E-state index in [9.17, 15) is 9.50 Å². The zero-order valence-electron chi connectivity index (χ0n) is 17.8. The normalized spacial score (nSPS) is 17.6. The third-order valence-corrected chi connectivity index (χ3v) is 6.99. The maximum Gasteiger partial charge on any atom is 0.123 e. The average molecular weight is 429 g/mol. The molecule has 1 unspecified atom stereocenters. The molecule has 0 radical (unpaired) electrons. The minimum absolute atomic E-state index is 0.00626. The summed E-state index contributed by atoms with van der Waals surface area (Å²) in [5, 5.41) is 11.3. The lowest BCUT2D eigenvalue weighted by atomic mass is 9.85. The van der Waals surface area contributed by atoms with E-state index in [4.69, 9.17) is 4.74 Å². The fourth-order valence-corrected chi connectivity index (χ4v) is 5.38. The van der Waals surface area contributed by atoms with Crippen molar-refractivity contribution >= 4 is 10.9 Å². The fourth-order valence-electron chi connectivity index (χ4n) is 5.38. The third kappa shape index (κ3) is 3.20. The molecule has 32 heavy (non-hydrogen) atoms. The highest BCUT2D eigenvalue weighted by atomic mass is 19.1. The van der Waals surface area contributed by atoms with Gasteiger partial charge in [0.25, 0.3) is 0 Å². The SMILES string of the molecule is OCn1c2c(c3ccccc31)CC1c3cc(OCc4ccc(F)cc4)ccc3CCN1C2. The standard InChI is InChI=1S/C27H25FN2O2/c28-20-8-5-18(6-9-20)16-32-21-10-7-19-11-12-29-15-27-24(14-26(29)23(19)13-21)22-3-1-2-4-25(22)30(27)17-31/h1-10,13,26,31H,11-12,14-17H2. The van der Waals surface area contributed by atoms with Gasteiger partial charge >= 0.3 is 0 Å². The number of aromatic nitrogens is 1. The molecule has 3 aromatic carbocycles. The van der Waals surface area contributed by atoms with E-state index in [0.717, 1.165) is 42.8 Å². The van der Waals surface area contributed by atoms with Crippen molar-refractivity contribution in [1.29, 1.82) is 0 Å². The van der Waals surface area contributed by atoms with Crippen LogP contribution in [0.4, 0.5) is 4.39 Å². The number of aliphatic hydroxyl groups is 1. The summed E-state index contributed by atoms with van der Waals surface area (Å²) in [6.45, 7) is 2.28. The third-order valence-electron chi connectivity index (χ3n) is 6.99. The molecule has 1 aromatic heterocycles. The molecule has 3 heterocycles. The summed E-state index contributed by atoms with van der Waals surface area (Å²) >= 11 is 0. The molecule has 5 heteroatoms. The molecule has 6 rings (SSSR count). The van der Waals surface area contributed by atoms with Crippen LogP contribution in [0.1, 0.15) is 34.0 Å². The maximum atomic E-state index is 13.2. The topological polar surface area (TPSA) is 37.6 Å². The Hall–Kier alpha value is -3.15. The van der Waals surface area contributed by atoms with E-state index in [0.29, 0.717) is 12.6 Å². The van der Waals surface area contributed by atoms with Gasteiger partial charge in [-0.05, 0) is 65.4 Å². The molecule has 4 nitrogen and oxygen atoms in total. The summed E-state index contributed by atoms with van der Waals surface area (Å²) in [4.78, 5) is 2.53. The van der Waals surface area contributed by atoms with Crippen molar-refractivity contribution in [3.8, 4) is 5.75 Å². The summed E-state index contributed by atoms with van der Waals surface area (Å²) in [5.74, 6) is 0.611. The van der Waals surface area contributed by atoms with Gasteiger partial charge in [0.05, 0.1) is 5.52 Å². The van der Waals surface area contributed by atoms with Gasteiger partial charge in [-0.25, -0.2) is 4.39 Å². The van der Waals surface area contributed by atoms with Gasteiger partial charge in [0, 0.05) is 30.2 Å². The zero-order valence-corrected chi connectivity index (χ0v) is 17.8. The average Bonchev–Trinajstić information content (AvgIpc) is 3.15. The van der Waals surface area contributed by atoms with E-state index < -0.39 is 0 Å². The van der Waals surface area contributed by atoms with Crippen molar-refractivity contribution in [3.05, 3.63) is 100 Å². The van der Waals surface area contributed by atoms with Crippen LogP contribution in [0.3, 0.4) is 0 Å². The van der Waals surface area contributed by atoms with Gasteiger partial charge in [-0.2, -0.15) is 0 Å². The van der Waals surface area contributed by atoms with Crippen LogP contribution in [0.2, 0.25) is 0 Å². The van der Waals surface area contributed by atoms with E-state index >= 15 is 0 Å². The number of hydrogen-bond acceptors (Lipinski definition) is 3. The largest absolute Gasteiger partial charge is 0.489 e. The second-order valence-corrected chi connectivity index (χ2v) is 8.73. The minimum atomic E-state index is -0.234. The number of nitrogens with zero attached hydrogens (tertiary/aromatic N) is 2. The van der Waals surface area contributed by atoms with Crippen LogP contribution >= 0.6 is 0 Å². The van der Waals surface area contributed by atoms with Crippen molar-refractivity contribution in [2.45, 2.75) is 38.8 Å². The first kappa shape index (κ1) is 19.5. The number of rotatable bonds is 4. The lowest BCUT2D eigenvalue weighted by Crippen LogP contribution is -2.39. The van der Waals surface area contributed by atoms with Gasteiger partial charge in [0.1, 0.15) is 24.9 Å². The Morgan fingerprint density at radius 1 is 1.03 bits per heavy atom. The summed E-state index contributed by atoms with van der Waals surface area (Å²) in [7, 11) is 0. The predicted molar refractivity (Wildman–Crippen MR) is 122 cm³/mol. The quantitative estimate of drug-likeness (QED) is 0.499. The van der Waals surface area contributed by atoms with Crippen molar-refractivity contribution < 1.29 is 14.2 Å². The van der Waals surface area contributed by atoms with E-state index in [1.165, 1.54) is 39.9 Å². The van der Waals surface area contributed by atoms with E-state index in [1.807, 2.05) is 12.1 Å². The molecule has 0 saturated heterocycles. The predicted octanol–water partition coefficient (Wildman–Crippen LogP) is 4.96. The first-order valence-corrected chi connectivity index (χ1v) is 11.1. The Morgan fingerprint density at radius 3 is 2.72 bits per heavy atom. The summed E-state index contributed by atoms with van der Waals surface area (Å²) in [6, 6.07) is 21.6. The van der Waals surface area contributed by atoms with Crippen LogP contribution in [0.5, 0.6) is 5.75 Å². The first-order chi connectivity index (χ1) is 15.7. The summed E-state index contributed by atoms with van der Waals surface area (Å²) in [6.07, 6.45) is 1.94. The smallest absolute Gasteiger partial charge is 0.123 e. The minimum Gasteiger partial charge on any atom is -0.489 e. The van der Waals surface area contributed by atoms with Gasteiger partial charge in [0.15, 0.2) is 0 Å². The molecule has 4 aromatic rings. The molecule has 162 valence electrons. The molecular formula is C27H25FN2O2. The van der Waals surface area contributed by atoms with Crippen LogP contribution in [0, 0.1) is 5.82 Å². The molecule has 0 amide bonds. The highest BCUT2D eigenvalue weighted by Gasteiger charge is 2.35. The molecule has 2 aliphatic heterocycles. The second-order valence-electron chi connectivity index (χ2n) is 8.73. The molecular weight excluding hydrogens is 403 g/mol. The molecule has 0 saturated carbocycles. The van der Waals surface area contributed by atoms with E-state index in [2.05, 4.69) is 39.8 Å². The van der Waals surface area contributed by atoms with Crippen LogP contribution < -0.4 is 4.74 Å². The van der Waals surface area contributed by atoms with Gasteiger partial charge in [-0.3, -0.25) is 4.90 Å². The highest BCUT2D eigenvalue weighted by molar-refractivity contribution is 5.86. The van der Waals surface area contributed by atoms with Gasteiger partial charge in [-0.1, -0.05) is 36.4 Å². The van der Waals surface area contributed by atoms with Gasteiger partial charge < -0.3 is 14.4 Å². The van der Waals surface area contributed by atoms with Crippen LogP contribution in [-0.4, -0.2) is 21.1 Å². The van der Waals surface area contributed by atoms with E-state index in [1.54, 1.807) is 12.1 Å². The number of ether oxygens (including phenoxy) is 1.